The fourth-order valence-corrected chi connectivity index (χ4v) is 3.76. The first-order valence-electron chi connectivity index (χ1n) is 10.5. The smallest absolute Gasteiger partial charge is 0.471 e. The lowest BCUT2D eigenvalue weighted by Gasteiger charge is -2.41. The zero-order valence-electron chi connectivity index (χ0n) is 18.9. The molecule has 0 saturated carbocycles. The van der Waals surface area contributed by atoms with Crippen LogP contribution in [0.3, 0.4) is 0 Å². The van der Waals surface area contributed by atoms with Crippen molar-refractivity contribution < 1.29 is 32.2 Å². The van der Waals surface area contributed by atoms with E-state index < -0.39 is 23.8 Å². The van der Waals surface area contributed by atoms with Gasteiger partial charge in [-0.25, -0.2) is 4.79 Å². The summed E-state index contributed by atoms with van der Waals surface area (Å²) in [5.41, 5.74) is 0.343. The number of fused-ring (bicyclic) bond motifs is 1. The molecule has 184 valence electrons. The molecule has 34 heavy (non-hydrogen) atoms. The molecule has 0 fully saturated rings. The van der Waals surface area contributed by atoms with Crippen LogP contribution in [0.1, 0.15) is 23.1 Å². The molecule has 0 bridgehead atoms. The molecule has 2 amide bonds. The van der Waals surface area contributed by atoms with E-state index in [9.17, 15) is 22.8 Å². The molecule has 3 rings (SSSR count). The molecule has 0 saturated heterocycles. The number of carbonyl (C=O) groups is 2. The van der Waals surface area contributed by atoms with Crippen LogP contribution in [0.5, 0.6) is 11.5 Å². The third-order valence-corrected chi connectivity index (χ3v) is 5.81. The molecule has 0 spiro atoms. The Bertz CT molecular complexity index is 1080. The summed E-state index contributed by atoms with van der Waals surface area (Å²) in [6.45, 7) is 2.10. The van der Waals surface area contributed by atoms with Gasteiger partial charge in [0.1, 0.15) is 17.2 Å². The fourth-order valence-electron chi connectivity index (χ4n) is 3.65. The maximum Gasteiger partial charge on any atom is 0.471 e. The SMILES string of the molecule is Cc1cc(OCC[C@]2(NC(=O)C(F)(F)F)NCCc3cc(OC(=O)N(C)C)ccc32)ccc1Cl. The summed E-state index contributed by atoms with van der Waals surface area (Å²) in [4.78, 5) is 25.1. The summed E-state index contributed by atoms with van der Waals surface area (Å²) < 4.78 is 50.5. The van der Waals surface area contributed by atoms with Gasteiger partial charge in [-0.15, -0.1) is 0 Å². The minimum atomic E-state index is -5.07. The molecule has 0 unspecified atom stereocenters. The number of alkyl halides is 3. The molecular formula is C23H25ClF3N3O4. The third kappa shape index (κ3) is 5.92. The van der Waals surface area contributed by atoms with Gasteiger partial charge in [-0.05, 0) is 60.4 Å². The summed E-state index contributed by atoms with van der Waals surface area (Å²) >= 11 is 6.02. The number of benzene rings is 2. The number of carbonyl (C=O) groups excluding carboxylic acids is 2. The molecule has 1 heterocycles. The van der Waals surface area contributed by atoms with E-state index in [2.05, 4.69) is 10.6 Å². The Hall–Kier alpha value is -2.98. The highest BCUT2D eigenvalue weighted by atomic mass is 35.5. The van der Waals surface area contributed by atoms with E-state index in [1.54, 1.807) is 37.3 Å². The van der Waals surface area contributed by atoms with Crippen molar-refractivity contribution in [2.75, 3.05) is 27.2 Å². The molecule has 2 N–H and O–H groups in total. The minimum absolute atomic E-state index is 0.000324. The van der Waals surface area contributed by atoms with E-state index in [-0.39, 0.29) is 25.3 Å². The van der Waals surface area contributed by atoms with Crippen LogP contribution in [-0.2, 0) is 16.9 Å². The number of hydrogen-bond acceptors (Lipinski definition) is 5. The van der Waals surface area contributed by atoms with E-state index in [1.807, 2.05) is 0 Å². The van der Waals surface area contributed by atoms with Gasteiger partial charge in [0.15, 0.2) is 0 Å². The summed E-state index contributed by atoms with van der Waals surface area (Å²) in [6, 6.07) is 9.66. The number of nitrogens with one attached hydrogen (secondary N) is 2. The topological polar surface area (TPSA) is 79.9 Å². The highest BCUT2D eigenvalue weighted by molar-refractivity contribution is 6.31. The Morgan fingerprint density at radius 3 is 2.53 bits per heavy atom. The molecule has 7 nitrogen and oxygen atoms in total. The van der Waals surface area contributed by atoms with Gasteiger partial charge in [0.25, 0.3) is 0 Å². The maximum absolute atomic E-state index is 13.2. The predicted molar refractivity (Wildman–Crippen MR) is 120 cm³/mol. The number of ether oxygens (including phenoxy) is 2. The number of halogens is 4. The highest BCUT2D eigenvalue weighted by Gasteiger charge is 2.46. The van der Waals surface area contributed by atoms with Gasteiger partial charge in [0.2, 0.25) is 0 Å². The van der Waals surface area contributed by atoms with Gasteiger partial charge in [-0.1, -0.05) is 17.7 Å². The van der Waals surface area contributed by atoms with Crippen LogP contribution in [0.4, 0.5) is 18.0 Å². The van der Waals surface area contributed by atoms with Crippen LogP contribution in [0.2, 0.25) is 5.02 Å². The van der Waals surface area contributed by atoms with Crippen LogP contribution in [0.15, 0.2) is 36.4 Å². The van der Waals surface area contributed by atoms with Gasteiger partial charge in [-0.2, -0.15) is 13.2 Å². The summed E-state index contributed by atoms with van der Waals surface area (Å²) in [6.07, 6.45) is -5.19. The van der Waals surface area contributed by atoms with Crippen LogP contribution in [0, 0.1) is 6.92 Å². The van der Waals surface area contributed by atoms with E-state index in [0.29, 0.717) is 28.3 Å². The van der Waals surface area contributed by atoms with Crippen LogP contribution >= 0.6 is 11.6 Å². The van der Waals surface area contributed by atoms with Crippen molar-refractivity contribution in [3.8, 4) is 11.5 Å². The first kappa shape index (κ1) is 25.6. The predicted octanol–water partition coefficient (Wildman–Crippen LogP) is 4.15. The van der Waals surface area contributed by atoms with Crippen LogP contribution in [-0.4, -0.2) is 50.3 Å². The Labute approximate surface area is 200 Å². The van der Waals surface area contributed by atoms with Gasteiger partial charge in [-0.3, -0.25) is 10.1 Å². The van der Waals surface area contributed by atoms with E-state index >= 15 is 0 Å². The van der Waals surface area contributed by atoms with Crippen molar-refractivity contribution in [3.63, 3.8) is 0 Å². The first-order chi connectivity index (χ1) is 15.9. The van der Waals surface area contributed by atoms with Crippen molar-refractivity contribution in [2.24, 2.45) is 0 Å². The van der Waals surface area contributed by atoms with Crippen molar-refractivity contribution in [2.45, 2.75) is 31.6 Å². The summed E-state index contributed by atoms with van der Waals surface area (Å²) in [7, 11) is 3.06. The van der Waals surface area contributed by atoms with E-state index in [4.69, 9.17) is 21.1 Å². The third-order valence-electron chi connectivity index (χ3n) is 5.39. The largest absolute Gasteiger partial charge is 0.493 e. The van der Waals surface area contributed by atoms with Crippen LogP contribution in [0.25, 0.3) is 0 Å². The standard InChI is InChI=1S/C23H25ClF3N3O4/c1-14-12-16(5-7-19(14)24)33-11-9-22(29-20(31)23(25,26)27)18-6-4-17(34-21(32)30(2)3)13-15(18)8-10-28-22/h4-7,12-13,28H,8-11H2,1-3H3,(H,29,31)/t22-/m1/s1. The average Bonchev–Trinajstić information content (AvgIpc) is 2.75. The fraction of sp³-hybridized carbons (Fsp3) is 0.391. The van der Waals surface area contributed by atoms with Crippen molar-refractivity contribution in [1.29, 1.82) is 0 Å². The number of nitrogens with zero attached hydrogens (tertiary/aromatic N) is 1. The molecule has 11 heteroatoms. The highest BCUT2D eigenvalue weighted by Crippen LogP contribution is 2.34. The van der Waals surface area contributed by atoms with Gasteiger partial charge in [0, 0.05) is 32.1 Å². The van der Waals surface area contributed by atoms with E-state index in [1.165, 1.54) is 25.1 Å². The second kappa shape index (κ2) is 10.1. The molecule has 2 aromatic rings. The minimum Gasteiger partial charge on any atom is -0.493 e. The molecule has 1 aliphatic rings. The number of hydrogen-bond donors (Lipinski definition) is 2. The van der Waals surface area contributed by atoms with E-state index in [0.717, 1.165) is 5.56 Å². The Kier molecular flexibility index (Phi) is 7.62. The monoisotopic (exact) mass is 499 g/mol. The second-order valence-electron chi connectivity index (χ2n) is 8.12. The van der Waals surface area contributed by atoms with Crippen molar-refractivity contribution >= 4 is 23.6 Å². The summed E-state index contributed by atoms with van der Waals surface area (Å²) in [5.74, 6) is -1.32. The molecule has 1 atom stereocenters. The zero-order valence-corrected chi connectivity index (χ0v) is 19.6. The lowest BCUT2D eigenvalue weighted by Crippen LogP contribution is -2.61. The molecular weight excluding hydrogens is 475 g/mol. The van der Waals surface area contributed by atoms with Crippen molar-refractivity contribution in [1.82, 2.24) is 15.5 Å². The molecule has 2 aromatic carbocycles. The average molecular weight is 500 g/mol. The normalized spacial score (nSPS) is 17.5. The molecule has 1 aliphatic heterocycles. The van der Waals surface area contributed by atoms with Gasteiger partial charge >= 0.3 is 18.2 Å². The Morgan fingerprint density at radius 2 is 1.88 bits per heavy atom. The number of rotatable bonds is 6. The Balaban J connectivity index is 1.89. The quantitative estimate of drug-likeness (QED) is 0.624. The van der Waals surface area contributed by atoms with Crippen molar-refractivity contribution in [3.05, 3.63) is 58.1 Å². The second-order valence-corrected chi connectivity index (χ2v) is 8.53. The Morgan fingerprint density at radius 1 is 1.18 bits per heavy atom. The van der Waals surface area contributed by atoms with Crippen LogP contribution < -0.4 is 20.1 Å². The first-order valence-corrected chi connectivity index (χ1v) is 10.8. The summed E-state index contributed by atoms with van der Waals surface area (Å²) in [5, 5.41) is 5.71. The van der Waals surface area contributed by atoms with Gasteiger partial charge in [0.05, 0.1) is 6.61 Å². The van der Waals surface area contributed by atoms with Gasteiger partial charge < -0.3 is 19.7 Å². The lowest BCUT2D eigenvalue weighted by atomic mass is 9.86. The molecule has 0 radical (unpaired) electrons. The lowest BCUT2D eigenvalue weighted by molar-refractivity contribution is -0.176. The zero-order chi connectivity index (χ0) is 25.1. The maximum atomic E-state index is 13.2. The molecule has 0 aliphatic carbocycles. The number of aryl methyl sites for hydroxylation is 1. The molecule has 0 aromatic heterocycles. The number of amides is 2.